The number of nitrogens with two attached hydrogens (primary N) is 1. The van der Waals surface area contributed by atoms with Crippen molar-refractivity contribution in [1.82, 2.24) is 4.90 Å². The van der Waals surface area contributed by atoms with E-state index in [4.69, 9.17) is 10.8 Å². The molecule has 0 radical (unpaired) electrons. The molecule has 5 nitrogen and oxygen atoms in total. The van der Waals surface area contributed by atoms with Crippen LogP contribution in [0.5, 0.6) is 0 Å². The molecule has 1 amide bonds. The van der Waals surface area contributed by atoms with Gasteiger partial charge in [-0.05, 0) is 19.3 Å². The Balaban J connectivity index is 1.79. The van der Waals surface area contributed by atoms with Crippen LogP contribution in [0.3, 0.4) is 0 Å². The standard InChI is InChI=1S/C12H20N2O3/c1-7(12(16)17)9-5-14(6-9)11(15)8-2-3-10(13)4-8/h7-10H,2-6,13H2,1H3,(H,16,17). The summed E-state index contributed by atoms with van der Waals surface area (Å²) in [7, 11) is 0. The lowest BCUT2D eigenvalue weighted by molar-refractivity contribution is -0.152. The SMILES string of the molecule is CC(C(=O)O)C1CN(C(=O)C2CCC(N)C2)C1. The van der Waals surface area contributed by atoms with Crippen LogP contribution < -0.4 is 5.73 Å². The number of carboxylic acids is 1. The van der Waals surface area contributed by atoms with Gasteiger partial charge in [0, 0.05) is 31.0 Å². The summed E-state index contributed by atoms with van der Waals surface area (Å²) in [6.45, 7) is 2.90. The smallest absolute Gasteiger partial charge is 0.306 e. The molecule has 3 unspecified atom stereocenters. The summed E-state index contributed by atoms with van der Waals surface area (Å²) < 4.78 is 0. The summed E-state index contributed by atoms with van der Waals surface area (Å²) in [5, 5.41) is 8.87. The summed E-state index contributed by atoms with van der Waals surface area (Å²) in [5.74, 6) is -0.765. The van der Waals surface area contributed by atoms with Gasteiger partial charge < -0.3 is 15.7 Å². The summed E-state index contributed by atoms with van der Waals surface area (Å²) in [6, 6.07) is 0.166. The molecule has 0 aromatic heterocycles. The van der Waals surface area contributed by atoms with Gasteiger partial charge in [0.2, 0.25) is 5.91 Å². The van der Waals surface area contributed by atoms with Gasteiger partial charge in [0.1, 0.15) is 0 Å². The van der Waals surface area contributed by atoms with Gasteiger partial charge in [-0.1, -0.05) is 6.92 Å². The molecule has 2 aliphatic rings. The van der Waals surface area contributed by atoms with Gasteiger partial charge in [0.15, 0.2) is 0 Å². The Morgan fingerprint density at radius 3 is 2.47 bits per heavy atom. The third-order valence-electron chi connectivity index (χ3n) is 4.14. The van der Waals surface area contributed by atoms with Crippen LogP contribution in [0.1, 0.15) is 26.2 Å². The molecule has 3 atom stereocenters. The molecule has 1 aliphatic heterocycles. The van der Waals surface area contributed by atoms with E-state index in [-0.39, 0.29) is 29.7 Å². The fraction of sp³-hybridized carbons (Fsp3) is 0.833. The van der Waals surface area contributed by atoms with Gasteiger partial charge in [-0.25, -0.2) is 0 Å². The van der Waals surface area contributed by atoms with Gasteiger partial charge in [0.25, 0.3) is 0 Å². The van der Waals surface area contributed by atoms with Crippen LogP contribution in [0.2, 0.25) is 0 Å². The first-order chi connectivity index (χ1) is 7.99. The molecule has 0 spiro atoms. The average Bonchev–Trinajstić information content (AvgIpc) is 2.62. The second kappa shape index (κ2) is 4.64. The van der Waals surface area contributed by atoms with Gasteiger partial charge in [-0.15, -0.1) is 0 Å². The highest BCUT2D eigenvalue weighted by atomic mass is 16.4. The van der Waals surface area contributed by atoms with E-state index in [0.29, 0.717) is 13.1 Å². The third-order valence-corrected chi connectivity index (χ3v) is 4.14. The van der Waals surface area contributed by atoms with E-state index in [1.165, 1.54) is 0 Å². The maximum atomic E-state index is 12.0. The average molecular weight is 240 g/mol. The quantitative estimate of drug-likeness (QED) is 0.742. The molecule has 96 valence electrons. The molecular formula is C12H20N2O3. The molecule has 1 heterocycles. The number of amides is 1. The minimum atomic E-state index is -0.773. The van der Waals surface area contributed by atoms with Crippen molar-refractivity contribution in [2.24, 2.45) is 23.5 Å². The van der Waals surface area contributed by atoms with E-state index in [1.807, 2.05) is 0 Å². The number of hydrogen-bond donors (Lipinski definition) is 2. The predicted octanol–water partition coefficient (Wildman–Crippen LogP) is 0.293. The topological polar surface area (TPSA) is 83.6 Å². The highest BCUT2D eigenvalue weighted by molar-refractivity contribution is 5.80. The second-order valence-electron chi connectivity index (χ2n) is 5.40. The highest BCUT2D eigenvalue weighted by Gasteiger charge is 2.40. The normalized spacial score (nSPS) is 31.1. The van der Waals surface area contributed by atoms with E-state index in [2.05, 4.69) is 0 Å². The van der Waals surface area contributed by atoms with Crippen molar-refractivity contribution in [3.8, 4) is 0 Å². The minimum absolute atomic E-state index is 0.0751. The Bertz CT molecular complexity index is 326. The van der Waals surface area contributed by atoms with Crippen LogP contribution in [-0.4, -0.2) is 41.0 Å². The summed E-state index contributed by atoms with van der Waals surface area (Å²) in [6.07, 6.45) is 2.60. The Kier molecular flexibility index (Phi) is 3.38. The Hall–Kier alpha value is -1.10. The Labute approximate surface area is 101 Å². The minimum Gasteiger partial charge on any atom is -0.481 e. The molecule has 2 fully saturated rings. The third kappa shape index (κ3) is 2.44. The first kappa shape index (κ1) is 12.4. The Morgan fingerprint density at radius 1 is 1.35 bits per heavy atom. The molecular weight excluding hydrogens is 220 g/mol. The maximum Gasteiger partial charge on any atom is 0.306 e. The monoisotopic (exact) mass is 240 g/mol. The fourth-order valence-electron chi connectivity index (χ4n) is 2.71. The van der Waals surface area contributed by atoms with Gasteiger partial charge >= 0.3 is 5.97 Å². The lowest BCUT2D eigenvalue weighted by Crippen LogP contribution is -2.55. The van der Waals surface area contributed by atoms with Crippen LogP contribution in [0.15, 0.2) is 0 Å². The predicted molar refractivity (Wildman–Crippen MR) is 62.2 cm³/mol. The number of likely N-dealkylation sites (tertiary alicyclic amines) is 1. The van der Waals surface area contributed by atoms with Crippen LogP contribution in [0, 0.1) is 17.8 Å². The van der Waals surface area contributed by atoms with E-state index in [0.717, 1.165) is 19.3 Å². The van der Waals surface area contributed by atoms with Crippen LogP contribution in [0.4, 0.5) is 0 Å². The first-order valence-corrected chi connectivity index (χ1v) is 6.26. The first-order valence-electron chi connectivity index (χ1n) is 6.26. The number of carboxylic acid groups (broad SMARTS) is 1. The molecule has 0 aromatic carbocycles. The molecule has 2 rings (SSSR count). The number of carbonyl (C=O) groups is 2. The van der Waals surface area contributed by atoms with E-state index in [9.17, 15) is 9.59 Å². The summed E-state index contributed by atoms with van der Waals surface area (Å²) in [4.78, 5) is 24.6. The number of hydrogen-bond acceptors (Lipinski definition) is 3. The van der Waals surface area contributed by atoms with Crippen molar-refractivity contribution in [1.29, 1.82) is 0 Å². The number of nitrogens with zero attached hydrogens (tertiary/aromatic N) is 1. The number of rotatable bonds is 3. The zero-order valence-electron chi connectivity index (χ0n) is 10.1. The number of carbonyl (C=O) groups excluding carboxylic acids is 1. The molecule has 5 heteroatoms. The molecule has 0 bridgehead atoms. The summed E-state index contributed by atoms with van der Waals surface area (Å²) in [5.41, 5.74) is 5.79. The van der Waals surface area contributed by atoms with Crippen molar-refractivity contribution in [3.05, 3.63) is 0 Å². The van der Waals surface area contributed by atoms with Crippen LogP contribution in [0.25, 0.3) is 0 Å². The van der Waals surface area contributed by atoms with Crippen molar-refractivity contribution in [2.45, 2.75) is 32.2 Å². The highest BCUT2D eigenvalue weighted by Crippen LogP contribution is 2.31. The van der Waals surface area contributed by atoms with E-state index >= 15 is 0 Å². The molecule has 0 aromatic rings. The van der Waals surface area contributed by atoms with Gasteiger partial charge in [-0.3, -0.25) is 9.59 Å². The molecule has 1 aliphatic carbocycles. The van der Waals surface area contributed by atoms with Gasteiger partial charge in [-0.2, -0.15) is 0 Å². The Morgan fingerprint density at radius 2 is 2.00 bits per heavy atom. The van der Waals surface area contributed by atoms with Crippen LogP contribution >= 0.6 is 0 Å². The summed E-state index contributed by atoms with van der Waals surface area (Å²) >= 11 is 0. The lowest BCUT2D eigenvalue weighted by Gasteiger charge is -2.42. The fourth-order valence-corrected chi connectivity index (χ4v) is 2.71. The lowest BCUT2D eigenvalue weighted by atomic mass is 9.86. The molecule has 1 saturated heterocycles. The van der Waals surface area contributed by atoms with Crippen molar-refractivity contribution >= 4 is 11.9 Å². The zero-order chi connectivity index (χ0) is 12.6. The van der Waals surface area contributed by atoms with Gasteiger partial charge in [0.05, 0.1) is 5.92 Å². The van der Waals surface area contributed by atoms with E-state index < -0.39 is 5.97 Å². The molecule has 1 saturated carbocycles. The van der Waals surface area contributed by atoms with E-state index in [1.54, 1.807) is 11.8 Å². The zero-order valence-corrected chi connectivity index (χ0v) is 10.1. The molecule has 17 heavy (non-hydrogen) atoms. The van der Waals surface area contributed by atoms with Crippen molar-refractivity contribution in [2.75, 3.05) is 13.1 Å². The van der Waals surface area contributed by atoms with Crippen molar-refractivity contribution < 1.29 is 14.7 Å². The number of aliphatic carboxylic acids is 1. The largest absolute Gasteiger partial charge is 0.481 e. The van der Waals surface area contributed by atoms with Crippen molar-refractivity contribution in [3.63, 3.8) is 0 Å². The second-order valence-corrected chi connectivity index (χ2v) is 5.40. The molecule has 3 N–H and O–H groups in total. The van der Waals surface area contributed by atoms with Crippen LogP contribution in [-0.2, 0) is 9.59 Å². The maximum absolute atomic E-state index is 12.0.